The number of esters is 1. The van der Waals surface area contributed by atoms with Crippen molar-refractivity contribution in [1.29, 1.82) is 0 Å². The van der Waals surface area contributed by atoms with Gasteiger partial charge in [0.2, 0.25) is 0 Å². The number of carbonyl (C=O) groups excluding carboxylic acids is 2. The molecule has 0 aliphatic heterocycles. The highest BCUT2D eigenvalue weighted by Gasteiger charge is 2.23. The van der Waals surface area contributed by atoms with Gasteiger partial charge >= 0.3 is 5.97 Å². The standard InChI is InChI=1S/C11H13Br2NO5S/c1-5(3-15)14-6(16)4-19-8-7(12)10(13)20-9(8)11(17)18-2/h5,15H,3-4H2,1-2H3,(H,14,16). The van der Waals surface area contributed by atoms with Gasteiger partial charge in [-0.1, -0.05) is 0 Å². The second kappa shape index (κ2) is 7.96. The van der Waals surface area contributed by atoms with E-state index in [0.29, 0.717) is 8.26 Å². The zero-order valence-corrected chi connectivity index (χ0v) is 14.7. The molecule has 0 bridgehead atoms. The van der Waals surface area contributed by atoms with Crippen LogP contribution in [0, 0.1) is 0 Å². The molecule has 0 fully saturated rings. The Morgan fingerprint density at radius 2 is 2.10 bits per heavy atom. The molecule has 0 aromatic carbocycles. The van der Waals surface area contributed by atoms with Crippen molar-refractivity contribution >= 4 is 55.1 Å². The average Bonchev–Trinajstić information content (AvgIpc) is 2.71. The van der Waals surface area contributed by atoms with E-state index in [1.54, 1.807) is 6.92 Å². The maximum Gasteiger partial charge on any atom is 0.351 e. The Labute approximate surface area is 136 Å². The molecule has 20 heavy (non-hydrogen) atoms. The molecule has 9 heteroatoms. The predicted octanol–water partition coefficient (Wildman–Crippen LogP) is 1.94. The van der Waals surface area contributed by atoms with Crippen LogP contribution < -0.4 is 10.1 Å². The van der Waals surface area contributed by atoms with Gasteiger partial charge < -0.3 is 19.9 Å². The molecule has 1 unspecified atom stereocenters. The maximum atomic E-state index is 11.6. The van der Waals surface area contributed by atoms with Crippen molar-refractivity contribution in [3.05, 3.63) is 13.1 Å². The molecule has 0 aliphatic rings. The molecule has 1 heterocycles. The fourth-order valence-electron chi connectivity index (χ4n) is 1.23. The van der Waals surface area contributed by atoms with Crippen LogP contribution in [0.15, 0.2) is 8.26 Å². The molecule has 1 aromatic heterocycles. The Bertz CT molecular complexity index is 505. The van der Waals surface area contributed by atoms with Crippen molar-refractivity contribution in [2.75, 3.05) is 20.3 Å². The third-order valence-corrected chi connectivity index (χ3v) is 5.54. The first-order valence-electron chi connectivity index (χ1n) is 5.49. The van der Waals surface area contributed by atoms with E-state index in [4.69, 9.17) is 9.84 Å². The summed E-state index contributed by atoms with van der Waals surface area (Å²) in [6.07, 6.45) is 0. The van der Waals surface area contributed by atoms with Gasteiger partial charge in [0.1, 0.15) is 0 Å². The van der Waals surface area contributed by atoms with E-state index in [9.17, 15) is 9.59 Å². The van der Waals surface area contributed by atoms with E-state index in [0.717, 1.165) is 11.3 Å². The lowest BCUT2D eigenvalue weighted by atomic mass is 10.3. The van der Waals surface area contributed by atoms with Crippen molar-refractivity contribution in [2.45, 2.75) is 13.0 Å². The number of methoxy groups -OCH3 is 1. The van der Waals surface area contributed by atoms with Gasteiger partial charge in [0, 0.05) is 6.04 Å². The Morgan fingerprint density at radius 1 is 1.45 bits per heavy atom. The summed E-state index contributed by atoms with van der Waals surface area (Å²) in [6, 6.07) is -0.358. The van der Waals surface area contributed by atoms with E-state index in [1.165, 1.54) is 7.11 Å². The molecule has 0 spiro atoms. The summed E-state index contributed by atoms with van der Waals surface area (Å²) in [5.74, 6) is -0.683. The van der Waals surface area contributed by atoms with Gasteiger partial charge in [-0.25, -0.2) is 4.79 Å². The highest BCUT2D eigenvalue weighted by molar-refractivity contribution is 9.13. The quantitative estimate of drug-likeness (QED) is 0.673. The summed E-state index contributed by atoms with van der Waals surface area (Å²) in [4.78, 5) is 23.4. The molecule has 2 N–H and O–H groups in total. The van der Waals surface area contributed by atoms with Gasteiger partial charge in [-0.15, -0.1) is 11.3 Å². The predicted molar refractivity (Wildman–Crippen MR) is 81.2 cm³/mol. The Balaban J connectivity index is 2.77. The molecule has 1 aromatic rings. The van der Waals surface area contributed by atoms with Crippen molar-refractivity contribution in [1.82, 2.24) is 5.32 Å². The number of carbonyl (C=O) groups is 2. The SMILES string of the molecule is COC(=O)c1sc(Br)c(Br)c1OCC(=O)NC(C)CO. The molecule has 1 amide bonds. The molecular weight excluding hydrogens is 418 g/mol. The molecule has 1 atom stereocenters. The number of aliphatic hydroxyl groups is 1. The Hall–Kier alpha value is -0.640. The van der Waals surface area contributed by atoms with Crippen LogP contribution in [0.4, 0.5) is 0 Å². The topological polar surface area (TPSA) is 84.9 Å². The van der Waals surface area contributed by atoms with Crippen molar-refractivity contribution in [3.63, 3.8) is 0 Å². The molecule has 0 radical (unpaired) electrons. The summed E-state index contributed by atoms with van der Waals surface area (Å²) >= 11 is 7.69. The van der Waals surface area contributed by atoms with Crippen LogP contribution in [0.3, 0.4) is 0 Å². The van der Waals surface area contributed by atoms with Crippen LogP contribution in [0.25, 0.3) is 0 Å². The third kappa shape index (κ3) is 4.44. The first-order chi connectivity index (χ1) is 9.40. The summed E-state index contributed by atoms with van der Waals surface area (Å²) in [7, 11) is 1.27. The number of halogens is 2. The highest BCUT2D eigenvalue weighted by Crippen LogP contribution is 2.43. The molecule has 0 saturated heterocycles. The van der Waals surface area contributed by atoms with E-state index in [-0.39, 0.29) is 29.9 Å². The number of nitrogens with one attached hydrogen (secondary N) is 1. The first-order valence-corrected chi connectivity index (χ1v) is 7.90. The number of aliphatic hydroxyl groups excluding tert-OH is 1. The minimum atomic E-state index is -0.541. The monoisotopic (exact) mass is 429 g/mol. The van der Waals surface area contributed by atoms with Crippen molar-refractivity contribution in [2.24, 2.45) is 0 Å². The largest absolute Gasteiger partial charge is 0.481 e. The zero-order chi connectivity index (χ0) is 15.3. The Morgan fingerprint density at radius 3 is 2.65 bits per heavy atom. The minimum absolute atomic E-state index is 0.160. The van der Waals surface area contributed by atoms with Gasteiger partial charge in [-0.05, 0) is 38.8 Å². The number of thiophene rings is 1. The Kier molecular flexibility index (Phi) is 6.93. The van der Waals surface area contributed by atoms with E-state index in [1.807, 2.05) is 0 Å². The molecule has 6 nitrogen and oxygen atoms in total. The smallest absolute Gasteiger partial charge is 0.351 e. The second-order valence-electron chi connectivity index (χ2n) is 3.78. The van der Waals surface area contributed by atoms with Crippen LogP contribution in [-0.2, 0) is 9.53 Å². The molecular formula is C11H13Br2NO5S. The zero-order valence-electron chi connectivity index (χ0n) is 10.7. The molecule has 0 saturated carbocycles. The van der Waals surface area contributed by atoms with Gasteiger partial charge in [0.05, 0.1) is 22.0 Å². The van der Waals surface area contributed by atoms with E-state index >= 15 is 0 Å². The number of rotatable bonds is 6. The number of hydrogen-bond acceptors (Lipinski definition) is 6. The molecule has 1 rings (SSSR count). The van der Waals surface area contributed by atoms with Crippen molar-refractivity contribution in [3.8, 4) is 5.75 Å². The molecule has 112 valence electrons. The normalized spacial score (nSPS) is 11.8. The van der Waals surface area contributed by atoms with Crippen LogP contribution in [0.1, 0.15) is 16.6 Å². The lowest BCUT2D eigenvalue weighted by Gasteiger charge is -2.11. The maximum absolute atomic E-state index is 11.6. The number of hydrogen-bond donors (Lipinski definition) is 2. The van der Waals surface area contributed by atoms with Crippen LogP contribution in [-0.4, -0.2) is 43.3 Å². The fourth-order valence-corrected chi connectivity index (χ4v) is 3.36. The second-order valence-corrected chi connectivity index (χ2v) is 6.91. The van der Waals surface area contributed by atoms with E-state index < -0.39 is 11.9 Å². The van der Waals surface area contributed by atoms with E-state index in [2.05, 4.69) is 41.9 Å². The lowest BCUT2D eigenvalue weighted by Crippen LogP contribution is -2.38. The first kappa shape index (κ1) is 17.4. The fraction of sp³-hybridized carbons (Fsp3) is 0.455. The van der Waals surface area contributed by atoms with Gasteiger partial charge in [0.25, 0.3) is 5.91 Å². The third-order valence-electron chi connectivity index (χ3n) is 2.17. The lowest BCUT2D eigenvalue weighted by molar-refractivity contribution is -0.124. The van der Waals surface area contributed by atoms with Gasteiger partial charge in [-0.3, -0.25) is 4.79 Å². The van der Waals surface area contributed by atoms with Crippen LogP contribution in [0.5, 0.6) is 5.75 Å². The summed E-state index contributed by atoms with van der Waals surface area (Å²) in [5, 5.41) is 11.4. The van der Waals surface area contributed by atoms with Crippen LogP contribution >= 0.6 is 43.2 Å². The number of ether oxygens (including phenoxy) is 2. The molecule has 0 aliphatic carbocycles. The van der Waals surface area contributed by atoms with Gasteiger partial charge in [-0.2, -0.15) is 0 Å². The summed E-state index contributed by atoms with van der Waals surface area (Å²) in [5.41, 5.74) is 0. The minimum Gasteiger partial charge on any atom is -0.481 e. The average molecular weight is 431 g/mol. The highest BCUT2D eigenvalue weighted by atomic mass is 79.9. The van der Waals surface area contributed by atoms with Gasteiger partial charge in [0.15, 0.2) is 17.2 Å². The summed E-state index contributed by atoms with van der Waals surface area (Å²) < 4.78 is 11.2. The number of amides is 1. The van der Waals surface area contributed by atoms with Crippen molar-refractivity contribution < 1.29 is 24.2 Å². The summed E-state index contributed by atoms with van der Waals surface area (Å²) in [6.45, 7) is 1.23. The van der Waals surface area contributed by atoms with Crippen LogP contribution in [0.2, 0.25) is 0 Å².